The lowest BCUT2D eigenvalue weighted by molar-refractivity contribution is 0.0465. The summed E-state index contributed by atoms with van der Waals surface area (Å²) < 4.78 is 5.35. The lowest BCUT2D eigenvalue weighted by Crippen LogP contribution is -2.52. The highest BCUT2D eigenvalue weighted by atomic mass is 16.6. The Morgan fingerprint density at radius 1 is 1.25 bits per heavy atom. The van der Waals surface area contributed by atoms with Gasteiger partial charge in [0.05, 0.1) is 0 Å². The van der Waals surface area contributed by atoms with E-state index in [0.29, 0.717) is 6.04 Å². The minimum atomic E-state index is -0.420. The van der Waals surface area contributed by atoms with Crippen molar-refractivity contribution in [1.29, 1.82) is 0 Å². The van der Waals surface area contributed by atoms with Crippen molar-refractivity contribution in [3.05, 3.63) is 0 Å². The Morgan fingerprint density at radius 2 is 1.95 bits per heavy atom. The van der Waals surface area contributed by atoms with Gasteiger partial charge in [-0.15, -0.1) is 0 Å². The Bertz CT molecular complexity index is 322. The number of alkyl carbamates (subject to hydrolysis) is 1. The van der Waals surface area contributed by atoms with Crippen molar-refractivity contribution < 1.29 is 9.53 Å². The van der Waals surface area contributed by atoms with Gasteiger partial charge in [-0.1, -0.05) is 0 Å². The van der Waals surface area contributed by atoms with Crippen LogP contribution >= 0.6 is 0 Å². The molecule has 0 aromatic rings. The molecule has 2 atom stereocenters. The van der Waals surface area contributed by atoms with Crippen molar-refractivity contribution in [2.45, 2.75) is 64.1 Å². The second kappa shape index (κ2) is 6.76. The van der Waals surface area contributed by atoms with Crippen LogP contribution in [0.2, 0.25) is 0 Å². The fraction of sp³-hybridized carbons (Fsp3) is 0.933. The van der Waals surface area contributed by atoms with Crippen LogP contribution in [0.15, 0.2) is 0 Å². The number of ether oxygens (including phenoxy) is 1. The number of nitrogens with zero attached hydrogens (tertiary/aromatic N) is 1. The molecule has 0 spiro atoms. The van der Waals surface area contributed by atoms with Crippen molar-refractivity contribution in [2.24, 2.45) is 0 Å². The first kappa shape index (κ1) is 15.6. The van der Waals surface area contributed by atoms with Crippen LogP contribution in [0.5, 0.6) is 0 Å². The summed E-state index contributed by atoms with van der Waals surface area (Å²) in [4.78, 5) is 14.4. The summed E-state index contributed by atoms with van der Waals surface area (Å²) in [7, 11) is 0. The van der Waals surface area contributed by atoms with E-state index < -0.39 is 5.60 Å². The van der Waals surface area contributed by atoms with Crippen LogP contribution in [-0.2, 0) is 4.74 Å². The monoisotopic (exact) mass is 283 g/mol. The number of amides is 1. The largest absolute Gasteiger partial charge is 0.444 e. The van der Waals surface area contributed by atoms with E-state index in [1.165, 1.54) is 12.8 Å². The van der Waals surface area contributed by atoms with Gasteiger partial charge in [-0.2, -0.15) is 0 Å². The summed E-state index contributed by atoms with van der Waals surface area (Å²) in [6.07, 6.45) is 4.30. The molecule has 0 bridgehead atoms. The van der Waals surface area contributed by atoms with Crippen LogP contribution in [0, 0.1) is 0 Å². The molecule has 1 saturated carbocycles. The third-order valence-corrected chi connectivity index (χ3v) is 4.04. The molecule has 1 heterocycles. The fourth-order valence-corrected chi connectivity index (χ4v) is 3.15. The molecule has 2 rings (SSSR count). The lowest BCUT2D eigenvalue weighted by Gasteiger charge is -2.39. The molecule has 20 heavy (non-hydrogen) atoms. The fourth-order valence-electron chi connectivity index (χ4n) is 3.15. The zero-order valence-electron chi connectivity index (χ0n) is 13.1. The van der Waals surface area contributed by atoms with E-state index >= 15 is 0 Å². The summed E-state index contributed by atoms with van der Waals surface area (Å²) in [6.45, 7) is 10.1. The van der Waals surface area contributed by atoms with Gasteiger partial charge in [0.25, 0.3) is 0 Å². The van der Waals surface area contributed by atoms with Gasteiger partial charge in [0.2, 0.25) is 0 Å². The molecule has 0 radical (unpaired) electrons. The first-order valence-electron chi connectivity index (χ1n) is 7.88. The molecule has 2 aliphatic rings. The maximum atomic E-state index is 11.9. The van der Waals surface area contributed by atoms with Crippen LogP contribution in [0.4, 0.5) is 4.79 Å². The topological polar surface area (TPSA) is 53.6 Å². The average molecular weight is 283 g/mol. The number of carbonyl (C=O) groups excluding carboxylic acids is 1. The number of hydrogen-bond donors (Lipinski definition) is 2. The van der Waals surface area contributed by atoms with E-state index in [0.717, 1.165) is 39.0 Å². The summed E-state index contributed by atoms with van der Waals surface area (Å²) in [6, 6.07) is 0.879. The minimum Gasteiger partial charge on any atom is -0.444 e. The Hall–Kier alpha value is -0.810. The number of nitrogens with one attached hydrogen (secondary N) is 2. The number of hydrogen-bond acceptors (Lipinski definition) is 4. The van der Waals surface area contributed by atoms with Gasteiger partial charge in [-0.3, -0.25) is 4.90 Å². The van der Waals surface area contributed by atoms with Gasteiger partial charge in [-0.05, 0) is 46.5 Å². The van der Waals surface area contributed by atoms with Gasteiger partial charge in [0, 0.05) is 38.3 Å². The maximum Gasteiger partial charge on any atom is 0.407 e. The Morgan fingerprint density at radius 3 is 2.60 bits per heavy atom. The van der Waals surface area contributed by atoms with E-state index in [4.69, 9.17) is 4.74 Å². The smallest absolute Gasteiger partial charge is 0.407 e. The van der Waals surface area contributed by atoms with Crippen LogP contribution < -0.4 is 10.6 Å². The lowest BCUT2D eigenvalue weighted by atomic mass is 9.89. The summed E-state index contributed by atoms with van der Waals surface area (Å²) >= 11 is 0. The molecule has 2 fully saturated rings. The highest BCUT2D eigenvalue weighted by Gasteiger charge is 2.29. The molecule has 1 aliphatic heterocycles. The van der Waals surface area contributed by atoms with Crippen LogP contribution in [0.3, 0.4) is 0 Å². The Labute approximate surface area is 122 Å². The second-order valence-corrected chi connectivity index (χ2v) is 6.95. The number of rotatable bonds is 2. The highest BCUT2D eigenvalue weighted by molar-refractivity contribution is 5.68. The normalized spacial score (nSPS) is 28.9. The van der Waals surface area contributed by atoms with E-state index in [2.05, 4.69) is 15.5 Å². The molecule has 1 amide bonds. The first-order valence-corrected chi connectivity index (χ1v) is 7.88. The highest BCUT2D eigenvalue weighted by Crippen LogP contribution is 2.23. The van der Waals surface area contributed by atoms with Gasteiger partial charge < -0.3 is 15.4 Å². The average Bonchev–Trinajstić information content (AvgIpc) is 2.38. The molecular formula is C15H29N3O2. The van der Waals surface area contributed by atoms with Gasteiger partial charge in [0.1, 0.15) is 5.60 Å². The number of piperazine rings is 1. The third-order valence-electron chi connectivity index (χ3n) is 4.04. The van der Waals surface area contributed by atoms with E-state index in [1.54, 1.807) is 0 Å². The Balaban J connectivity index is 1.79. The molecule has 5 heteroatoms. The third kappa shape index (κ3) is 4.94. The standard InChI is InChI=1S/C15H29N3O2/c1-15(2,3)20-14(19)17-12-5-4-6-13(11-12)18-9-7-16-8-10-18/h12-13,16H,4-11H2,1-3H3,(H,17,19). The number of carbonyl (C=O) groups is 1. The quantitative estimate of drug-likeness (QED) is 0.810. The van der Waals surface area contributed by atoms with E-state index in [9.17, 15) is 4.79 Å². The molecule has 2 unspecified atom stereocenters. The second-order valence-electron chi connectivity index (χ2n) is 6.95. The predicted octanol–water partition coefficient (Wildman–Crippen LogP) is 1.73. The van der Waals surface area contributed by atoms with Crippen molar-refractivity contribution in [3.63, 3.8) is 0 Å². The predicted molar refractivity (Wildman–Crippen MR) is 79.9 cm³/mol. The van der Waals surface area contributed by atoms with Gasteiger partial charge >= 0.3 is 6.09 Å². The van der Waals surface area contributed by atoms with Gasteiger partial charge in [0.15, 0.2) is 0 Å². The van der Waals surface area contributed by atoms with Crippen molar-refractivity contribution in [1.82, 2.24) is 15.5 Å². The molecular weight excluding hydrogens is 254 g/mol. The zero-order chi connectivity index (χ0) is 14.6. The van der Waals surface area contributed by atoms with Crippen LogP contribution in [0.1, 0.15) is 46.5 Å². The molecule has 116 valence electrons. The maximum absolute atomic E-state index is 11.9. The molecule has 0 aromatic heterocycles. The van der Waals surface area contributed by atoms with E-state index in [1.807, 2.05) is 20.8 Å². The molecule has 0 aromatic carbocycles. The minimum absolute atomic E-state index is 0.262. The first-order chi connectivity index (χ1) is 9.44. The van der Waals surface area contributed by atoms with Gasteiger partial charge in [-0.25, -0.2) is 4.79 Å². The van der Waals surface area contributed by atoms with Crippen molar-refractivity contribution in [3.8, 4) is 0 Å². The van der Waals surface area contributed by atoms with Crippen molar-refractivity contribution in [2.75, 3.05) is 26.2 Å². The Kier molecular flexibility index (Phi) is 5.27. The van der Waals surface area contributed by atoms with Crippen molar-refractivity contribution >= 4 is 6.09 Å². The molecule has 2 N–H and O–H groups in total. The summed E-state index contributed by atoms with van der Waals surface area (Å²) in [5.41, 5.74) is -0.420. The van der Waals surface area contributed by atoms with Crippen LogP contribution in [0.25, 0.3) is 0 Å². The molecule has 5 nitrogen and oxygen atoms in total. The zero-order valence-corrected chi connectivity index (χ0v) is 13.1. The SMILES string of the molecule is CC(C)(C)OC(=O)NC1CCCC(N2CCNCC2)C1. The summed E-state index contributed by atoms with van der Waals surface area (Å²) in [5.74, 6) is 0. The van der Waals surface area contributed by atoms with E-state index in [-0.39, 0.29) is 12.1 Å². The molecule has 1 saturated heterocycles. The molecule has 1 aliphatic carbocycles. The summed E-state index contributed by atoms with van der Waals surface area (Å²) in [5, 5.41) is 6.43. The van der Waals surface area contributed by atoms with Crippen LogP contribution in [-0.4, -0.2) is 54.9 Å².